The molecule has 0 radical (unpaired) electrons. The molecule has 17 heavy (non-hydrogen) atoms. The monoisotopic (exact) mass is 238 g/mol. The van der Waals surface area contributed by atoms with Crippen molar-refractivity contribution in [3.63, 3.8) is 0 Å². The van der Waals surface area contributed by atoms with Crippen LogP contribution in [0.15, 0.2) is 0 Å². The van der Waals surface area contributed by atoms with Crippen molar-refractivity contribution in [2.75, 3.05) is 6.54 Å². The Balaban J connectivity index is 1.89. The summed E-state index contributed by atoms with van der Waals surface area (Å²) in [6, 6.07) is 0.483. The highest BCUT2D eigenvalue weighted by Gasteiger charge is 2.35. The van der Waals surface area contributed by atoms with Gasteiger partial charge in [0.2, 0.25) is 5.91 Å². The maximum Gasteiger partial charge on any atom is 0.223 e. The van der Waals surface area contributed by atoms with E-state index in [9.17, 15) is 4.79 Å². The molecular weight excluding hydrogens is 212 g/mol. The number of carbonyl (C=O) groups excluding carboxylic acids is 1. The summed E-state index contributed by atoms with van der Waals surface area (Å²) in [5.41, 5.74) is 5.08. The van der Waals surface area contributed by atoms with Gasteiger partial charge in [-0.2, -0.15) is 0 Å². The number of hydrogen-bond acceptors (Lipinski definition) is 2. The average Bonchev–Trinajstić information content (AvgIpc) is 2.28. The number of nitrogens with one attached hydrogen (secondary N) is 1. The van der Waals surface area contributed by atoms with Gasteiger partial charge in [-0.3, -0.25) is 4.79 Å². The molecule has 2 aliphatic rings. The first-order chi connectivity index (χ1) is 7.99. The van der Waals surface area contributed by atoms with Crippen LogP contribution in [0.3, 0.4) is 0 Å². The molecule has 98 valence electrons. The Labute approximate surface area is 105 Å². The lowest BCUT2D eigenvalue weighted by molar-refractivity contribution is -0.126. The number of nitrogens with two attached hydrogens (primary N) is 1. The van der Waals surface area contributed by atoms with E-state index >= 15 is 0 Å². The minimum atomic E-state index is -0.376. The third-order valence-corrected chi connectivity index (χ3v) is 4.75. The first-order valence-corrected chi connectivity index (χ1v) is 7.02. The second kappa shape index (κ2) is 4.97. The van der Waals surface area contributed by atoms with E-state index in [1.165, 1.54) is 32.1 Å². The SMILES string of the molecule is CC(C)(C[C@@H]1CC2CCCCC2CN1)C(N)=O. The lowest BCUT2D eigenvalue weighted by atomic mass is 9.71. The number of hydrogen-bond donors (Lipinski definition) is 2. The molecule has 2 fully saturated rings. The minimum absolute atomic E-state index is 0.176. The number of amides is 1. The van der Waals surface area contributed by atoms with Crippen molar-refractivity contribution in [2.24, 2.45) is 23.0 Å². The quantitative estimate of drug-likeness (QED) is 0.790. The predicted octanol–water partition coefficient (Wildman–Crippen LogP) is 2.06. The number of rotatable bonds is 3. The van der Waals surface area contributed by atoms with Gasteiger partial charge in [-0.25, -0.2) is 0 Å². The van der Waals surface area contributed by atoms with Crippen molar-refractivity contribution in [2.45, 2.75) is 58.4 Å². The summed E-state index contributed by atoms with van der Waals surface area (Å²) >= 11 is 0. The summed E-state index contributed by atoms with van der Waals surface area (Å²) in [6.07, 6.45) is 7.70. The number of primary amides is 1. The Morgan fingerprint density at radius 1 is 1.29 bits per heavy atom. The molecule has 0 aromatic rings. The fourth-order valence-corrected chi connectivity index (χ4v) is 3.50. The molecule has 1 heterocycles. The molecule has 1 amide bonds. The van der Waals surface area contributed by atoms with Gasteiger partial charge in [0.05, 0.1) is 0 Å². The topological polar surface area (TPSA) is 55.1 Å². The fraction of sp³-hybridized carbons (Fsp3) is 0.929. The van der Waals surface area contributed by atoms with E-state index in [0.29, 0.717) is 6.04 Å². The van der Waals surface area contributed by atoms with Crippen LogP contribution in [0.25, 0.3) is 0 Å². The highest BCUT2D eigenvalue weighted by atomic mass is 16.1. The average molecular weight is 238 g/mol. The van der Waals surface area contributed by atoms with Gasteiger partial charge in [-0.1, -0.05) is 33.1 Å². The molecule has 0 aromatic carbocycles. The van der Waals surface area contributed by atoms with Crippen molar-refractivity contribution >= 4 is 5.91 Å². The first kappa shape index (κ1) is 12.9. The minimum Gasteiger partial charge on any atom is -0.369 e. The lowest BCUT2D eigenvalue weighted by Crippen LogP contribution is -2.48. The third kappa shape index (κ3) is 3.01. The van der Waals surface area contributed by atoms with E-state index in [4.69, 9.17) is 5.73 Å². The van der Waals surface area contributed by atoms with Crippen LogP contribution in [0.2, 0.25) is 0 Å². The van der Waals surface area contributed by atoms with Crippen LogP contribution in [0.1, 0.15) is 52.4 Å². The number of piperidine rings is 1. The van der Waals surface area contributed by atoms with Crippen LogP contribution in [-0.4, -0.2) is 18.5 Å². The van der Waals surface area contributed by atoms with Gasteiger partial charge in [-0.15, -0.1) is 0 Å². The van der Waals surface area contributed by atoms with E-state index in [-0.39, 0.29) is 11.3 Å². The van der Waals surface area contributed by atoms with Crippen molar-refractivity contribution in [3.8, 4) is 0 Å². The standard InChI is InChI=1S/C14H26N2O/c1-14(2,13(15)17)8-12-7-10-5-3-4-6-11(10)9-16-12/h10-12,16H,3-9H2,1-2H3,(H2,15,17)/t10?,11?,12-/m0/s1. The smallest absolute Gasteiger partial charge is 0.223 e. The summed E-state index contributed by atoms with van der Waals surface area (Å²) in [5, 5.41) is 3.62. The Hall–Kier alpha value is -0.570. The van der Waals surface area contributed by atoms with Crippen molar-refractivity contribution < 1.29 is 4.79 Å². The molecule has 3 atom stereocenters. The predicted molar refractivity (Wildman–Crippen MR) is 69.4 cm³/mol. The van der Waals surface area contributed by atoms with E-state index in [1.54, 1.807) is 0 Å². The zero-order valence-electron chi connectivity index (χ0n) is 11.2. The maximum absolute atomic E-state index is 11.4. The van der Waals surface area contributed by atoms with Gasteiger partial charge in [-0.05, 0) is 37.6 Å². The molecule has 0 aromatic heterocycles. The Kier molecular flexibility index (Phi) is 3.76. The van der Waals surface area contributed by atoms with Crippen LogP contribution < -0.4 is 11.1 Å². The second-order valence-electron chi connectivity index (χ2n) is 6.60. The molecule has 0 bridgehead atoms. The second-order valence-corrected chi connectivity index (χ2v) is 6.60. The van der Waals surface area contributed by atoms with Gasteiger partial charge >= 0.3 is 0 Å². The van der Waals surface area contributed by atoms with Crippen molar-refractivity contribution in [1.29, 1.82) is 0 Å². The molecular formula is C14H26N2O. The largest absolute Gasteiger partial charge is 0.369 e. The lowest BCUT2D eigenvalue weighted by Gasteiger charge is -2.41. The molecule has 3 heteroatoms. The molecule has 2 rings (SSSR count). The summed E-state index contributed by atoms with van der Waals surface area (Å²) in [6.45, 7) is 5.07. The third-order valence-electron chi connectivity index (χ3n) is 4.75. The zero-order valence-corrected chi connectivity index (χ0v) is 11.2. The van der Waals surface area contributed by atoms with Crippen LogP contribution >= 0.6 is 0 Å². The normalized spacial score (nSPS) is 34.1. The van der Waals surface area contributed by atoms with E-state index in [1.807, 2.05) is 13.8 Å². The van der Waals surface area contributed by atoms with Crippen molar-refractivity contribution in [1.82, 2.24) is 5.32 Å². The van der Waals surface area contributed by atoms with Gasteiger partial charge < -0.3 is 11.1 Å². The number of fused-ring (bicyclic) bond motifs is 1. The molecule has 0 spiro atoms. The molecule has 1 saturated heterocycles. The Morgan fingerprint density at radius 3 is 2.59 bits per heavy atom. The fourth-order valence-electron chi connectivity index (χ4n) is 3.50. The summed E-state index contributed by atoms with van der Waals surface area (Å²) in [5.74, 6) is 1.60. The van der Waals surface area contributed by atoms with Crippen LogP contribution in [0.4, 0.5) is 0 Å². The van der Waals surface area contributed by atoms with E-state index in [2.05, 4.69) is 5.32 Å². The van der Waals surface area contributed by atoms with E-state index < -0.39 is 0 Å². The summed E-state index contributed by atoms with van der Waals surface area (Å²) < 4.78 is 0. The van der Waals surface area contributed by atoms with Gasteiger partial charge in [0, 0.05) is 11.5 Å². The molecule has 3 N–H and O–H groups in total. The molecule has 2 unspecified atom stereocenters. The first-order valence-electron chi connectivity index (χ1n) is 7.02. The Bertz CT molecular complexity index is 288. The van der Waals surface area contributed by atoms with Gasteiger partial charge in [0.25, 0.3) is 0 Å². The van der Waals surface area contributed by atoms with Crippen LogP contribution in [-0.2, 0) is 4.79 Å². The summed E-state index contributed by atoms with van der Waals surface area (Å²) in [4.78, 5) is 11.4. The molecule has 1 aliphatic carbocycles. The zero-order chi connectivity index (χ0) is 12.5. The highest BCUT2D eigenvalue weighted by molar-refractivity contribution is 5.79. The van der Waals surface area contributed by atoms with Gasteiger partial charge in [0.1, 0.15) is 0 Å². The Morgan fingerprint density at radius 2 is 1.94 bits per heavy atom. The summed E-state index contributed by atoms with van der Waals surface area (Å²) in [7, 11) is 0. The maximum atomic E-state index is 11.4. The van der Waals surface area contributed by atoms with E-state index in [0.717, 1.165) is 24.8 Å². The van der Waals surface area contributed by atoms with Crippen molar-refractivity contribution in [3.05, 3.63) is 0 Å². The molecule has 3 nitrogen and oxygen atoms in total. The molecule has 1 aliphatic heterocycles. The number of carbonyl (C=O) groups is 1. The van der Waals surface area contributed by atoms with Crippen LogP contribution in [0.5, 0.6) is 0 Å². The molecule has 1 saturated carbocycles. The van der Waals surface area contributed by atoms with Crippen LogP contribution in [0, 0.1) is 17.3 Å². The van der Waals surface area contributed by atoms with Gasteiger partial charge in [0.15, 0.2) is 0 Å². The highest BCUT2D eigenvalue weighted by Crippen LogP contribution is 2.37.